The predicted molar refractivity (Wildman–Crippen MR) is 53.5 cm³/mol. The van der Waals surface area contributed by atoms with E-state index in [1.807, 2.05) is 0 Å². The molecule has 0 amide bonds. The number of hydrogen-bond acceptors (Lipinski definition) is 4. The number of hydrogen-bond donors (Lipinski definition) is 0. The Morgan fingerprint density at radius 2 is 2.27 bits per heavy atom. The van der Waals surface area contributed by atoms with E-state index < -0.39 is 0 Å². The number of carbonyl (C=O) groups excluding carboxylic acids is 1. The van der Waals surface area contributed by atoms with Crippen LogP contribution in [0.25, 0.3) is 0 Å². The monoisotopic (exact) mass is 209 g/mol. The first-order valence-electron chi connectivity index (χ1n) is 5.33. The molecule has 4 nitrogen and oxygen atoms in total. The molecular formula is C11H15NO3. The van der Waals surface area contributed by atoms with Crippen LogP contribution in [0.5, 0.6) is 0 Å². The number of rotatable bonds is 4. The molecule has 0 atom stereocenters. The Morgan fingerprint density at radius 3 is 3.00 bits per heavy atom. The second kappa shape index (κ2) is 5.07. The van der Waals surface area contributed by atoms with Crippen LogP contribution >= 0.6 is 0 Å². The molecule has 1 aromatic heterocycles. The summed E-state index contributed by atoms with van der Waals surface area (Å²) in [6.07, 6.45) is 5.81. The van der Waals surface area contributed by atoms with Crippen LogP contribution in [0.2, 0.25) is 0 Å². The highest BCUT2D eigenvalue weighted by atomic mass is 16.5. The van der Waals surface area contributed by atoms with Gasteiger partial charge in [0.15, 0.2) is 5.89 Å². The number of nitrogens with zero attached hydrogens (tertiary/aromatic N) is 1. The maximum Gasteiger partial charge on any atom is 0.194 e. The first-order chi connectivity index (χ1) is 7.38. The van der Waals surface area contributed by atoms with Crippen molar-refractivity contribution in [2.75, 3.05) is 13.2 Å². The smallest absolute Gasteiger partial charge is 0.194 e. The molecule has 0 N–H and O–H groups in total. The minimum atomic E-state index is 0.320. The zero-order valence-electron chi connectivity index (χ0n) is 8.65. The standard InChI is InChI=1S/C11H15NO3/c13-4-1-10-8-12-11(15-10)7-9-2-5-14-6-3-9/h4,8-9H,1-3,5-7H2. The van der Waals surface area contributed by atoms with Crippen LogP contribution in [0.3, 0.4) is 0 Å². The van der Waals surface area contributed by atoms with Crippen molar-refractivity contribution in [3.8, 4) is 0 Å². The average Bonchev–Trinajstić information content (AvgIpc) is 2.68. The summed E-state index contributed by atoms with van der Waals surface area (Å²) in [4.78, 5) is 14.4. The maximum atomic E-state index is 10.3. The van der Waals surface area contributed by atoms with Crippen LogP contribution in [0.1, 0.15) is 24.5 Å². The Kier molecular flexibility index (Phi) is 3.50. The molecular weight excluding hydrogens is 194 g/mol. The van der Waals surface area contributed by atoms with E-state index in [1.165, 1.54) is 0 Å². The molecule has 0 radical (unpaired) electrons. The highest BCUT2D eigenvalue weighted by Gasteiger charge is 2.16. The first-order valence-corrected chi connectivity index (χ1v) is 5.33. The molecule has 0 bridgehead atoms. The Bertz CT molecular complexity index is 315. The molecule has 0 unspecified atom stereocenters. The third-order valence-electron chi connectivity index (χ3n) is 2.69. The van der Waals surface area contributed by atoms with Gasteiger partial charge in [-0.2, -0.15) is 0 Å². The molecule has 1 aliphatic heterocycles. The summed E-state index contributed by atoms with van der Waals surface area (Å²) in [7, 11) is 0. The molecule has 2 heterocycles. The molecule has 15 heavy (non-hydrogen) atoms. The zero-order valence-corrected chi connectivity index (χ0v) is 8.65. The first kappa shape index (κ1) is 10.4. The molecule has 0 spiro atoms. The van der Waals surface area contributed by atoms with E-state index in [2.05, 4.69) is 4.98 Å². The summed E-state index contributed by atoms with van der Waals surface area (Å²) in [5.41, 5.74) is 0. The van der Waals surface area contributed by atoms with Crippen molar-refractivity contribution in [2.45, 2.75) is 25.7 Å². The lowest BCUT2D eigenvalue weighted by Crippen LogP contribution is -2.17. The number of carbonyl (C=O) groups is 1. The van der Waals surface area contributed by atoms with Gasteiger partial charge in [0, 0.05) is 19.6 Å². The van der Waals surface area contributed by atoms with Crippen LogP contribution in [0.15, 0.2) is 10.6 Å². The number of aromatic nitrogens is 1. The van der Waals surface area contributed by atoms with Gasteiger partial charge in [-0.25, -0.2) is 4.98 Å². The van der Waals surface area contributed by atoms with Crippen LogP contribution in [-0.4, -0.2) is 24.5 Å². The second-order valence-electron chi connectivity index (χ2n) is 3.85. The highest BCUT2D eigenvalue weighted by molar-refractivity contribution is 5.52. The van der Waals surface area contributed by atoms with Crippen molar-refractivity contribution in [3.63, 3.8) is 0 Å². The number of oxazole rings is 1. The lowest BCUT2D eigenvalue weighted by molar-refractivity contribution is -0.107. The molecule has 0 saturated carbocycles. The van der Waals surface area contributed by atoms with Crippen molar-refractivity contribution in [1.82, 2.24) is 4.98 Å². The zero-order chi connectivity index (χ0) is 10.5. The van der Waals surface area contributed by atoms with Gasteiger partial charge in [-0.1, -0.05) is 0 Å². The SMILES string of the molecule is O=CCc1cnc(CC2CCOCC2)o1. The third-order valence-corrected chi connectivity index (χ3v) is 2.69. The largest absolute Gasteiger partial charge is 0.445 e. The van der Waals surface area contributed by atoms with E-state index in [4.69, 9.17) is 9.15 Å². The maximum absolute atomic E-state index is 10.3. The van der Waals surface area contributed by atoms with Gasteiger partial charge in [-0.3, -0.25) is 0 Å². The van der Waals surface area contributed by atoms with E-state index in [-0.39, 0.29) is 0 Å². The lowest BCUT2D eigenvalue weighted by atomic mass is 9.97. The Labute approximate surface area is 88.6 Å². The van der Waals surface area contributed by atoms with Gasteiger partial charge in [0.05, 0.1) is 12.6 Å². The van der Waals surface area contributed by atoms with Gasteiger partial charge in [-0.15, -0.1) is 0 Å². The molecule has 1 aliphatic rings. The summed E-state index contributed by atoms with van der Waals surface area (Å²) >= 11 is 0. The van der Waals surface area contributed by atoms with Gasteiger partial charge < -0.3 is 13.9 Å². The predicted octanol–water partition coefficient (Wildman–Crippen LogP) is 1.39. The van der Waals surface area contributed by atoms with Crippen LogP contribution in [0.4, 0.5) is 0 Å². The molecule has 2 rings (SSSR count). The highest BCUT2D eigenvalue weighted by Crippen LogP contribution is 2.19. The van der Waals surface area contributed by atoms with Gasteiger partial charge in [0.2, 0.25) is 0 Å². The van der Waals surface area contributed by atoms with Crippen molar-refractivity contribution < 1.29 is 13.9 Å². The molecule has 1 aromatic rings. The Morgan fingerprint density at radius 1 is 1.47 bits per heavy atom. The number of ether oxygens (including phenoxy) is 1. The van der Waals surface area contributed by atoms with Gasteiger partial charge in [0.1, 0.15) is 12.0 Å². The summed E-state index contributed by atoms with van der Waals surface area (Å²) in [6.45, 7) is 1.68. The van der Waals surface area contributed by atoms with Crippen LogP contribution in [0, 0.1) is 5.92 Å². The van der Waals surface area contributed by atoms with Crippen molar-refractivity contribution >= 4 is 6.29 Å². The molecule has 1 saturated heterocycles. The minimum absolute atomic E-state index is 0.320. The summed E-state index contributed by atoms with van der Waals surface area (Å²) in [5.74, 6) is 2.02. The fourth-order valence-corrected chi connectivity index (χ4v) is 1.82. The summed E-state index contributed by atoms with van der Waals surface area (Å²) in [6, 6.07) is 0. The van der Waals surface area contributed by atoms with Crippen molar-refractivity contribution in [1.29, 1.82) is 0 Å². The molecule has 4 heteroatoms. The van der Waals surface area contributed by atoms with Crippen molar-refractivity contribution in [2.24, 2.45) is 5.92 Å². The fraction of sp³-hybridized carbons (Fsp3) is 0.636. The van der Waals surface area contributed by atoms with E-state index >= 15 is 0 Å². The van der Waals surface area contributed by atoms with Gasteiger partial charge in [-0.05, 0) is 18.8 Å². The third kappa shape index (κ3) is 2.89. The minimum Gasteiger partial charge on any atom is -0.445 e. The van der Waals surface area contributed by atoms with E-state index in [0.29, 0.717) is 18.1 Å². The fourth-order valence-electron chi connectivity index (χ4n) is 1.82. The van der Waals surface area contributed by atoms with Gasteiger partial charge >= 0.3 is 0 Å². The van der Waals surface area contributed by atoms with E-state index in [0.717, 1.165) is 44.7 Å². The van der Waals surface area contributed by atoms with E-state index in [1.54, 1.807) is 6.20 Å². The van der Waals surface area contributed by atoms with Gasteiger partial charge in [0.25, 0.3) is 0 Å². The molecule has 0 aromatic carbocycles. The molecule has 82 valence electrons. The normalized spacial score (nSPS) is 17.9. The van der Waals surface area contributed by atoms with E-state index in [9.17, 15) is 4.79 Å². The van der Waals surface area contributed by atoms with Crippen molar-refractivity contribution in [3.05, 3.63) is 17.8 Å². The lowest BCUT2D eigenvalue weighted by Gasteiger charge is -2.20. The Balaban J connectivity index is 1.88. The quantitative estimate of drug-likeness (QED) is 0.703. The summed E-state index contributed by atoms with van der Waals surface area (Å²) < 4.78 is 10.7. The topological polar surface area (TPSA) is 52.3 Å². The van der Waals surface area contributed by atoms with Crippen LogP contribution in [-0.2, 0) is 22.4 Å². The second-order valence-corrected chi connectivity index (χ2v) is 3.85. The van der Waals surface area contributed by atoms with Crippen LogP contribution < -0.4 is 0 Å². The Hall–Kier alpha value is -1.16. The number of aldehydes is 1. The molecule has 0 aliphatic carbocycles. The summed E-state index contributed by atoms with van der Waals surface area (Å²) in [5, 5.41) is 0. The molecule has 1 fully saturated rings. The average molecular weight is 209 g/mol.